The second kappa shape index (κ2) is 8.06. The number of amides is 1. The summed E-state index contributed by atoms with van der Waals surface area (Å²) in [6, 6.07) is 11.9. The van der Waals surface area contributed by atoms with Crippen LogP contribution >= 0.6 is 0 Å². The van der Waals surface area contributed by atoms with E-state index in [0.717, 1.165) is 24.0 Å². The highest BCUT2D eigenvalue weighted by molar-refractivity contribution is 5.95. The van der Waals surface area contributed by atoms with E-state index in [9.17, 15) is 4.79 Å². The van der Waals surface area contributed by atoms with Crippen molar-refractivity contribution in [1.82, 2.24) is 10.3 Å². The van der Waals surface area contributed by atoms with Gasteiger partial charge in [0.25, 0.3) is 5.91 Å². The monoisotopic (exact) mass is 323 g/mol. The number of aromatic nitrogens is 1. The molecule has 126 valence electrons. The van der Waals surface area contributed by atoms with Crippen LogP contribution in [0, 0.1) is 5.92 Å². The molecule has 1 aliphatic carbocycles. The minimum Gasteiger partial charge on any atom is -0.348 e. The molecule has 1 unspecified atom stereocenters. The highest BCUT2D eigenvalue weighted by atomic mass is 16.1. The summed E-state index contributed by atoms with van der Waals surface area (Å²) in [5.74, 6) is 0.416. The minimum atomic E-state index is -0.0821. The van der Waals surface area contributed by atoms with Crippen LogP contribution in [-0.2, 0) is 0 Å². The molecule has 0 spiro atoms. The molecule has 2 aromatic rings. The van der Waals surface area contributed by atoms with Crippen LogP contribution in [-0.4, -0.2) is 23.5 Å². The van der Waals surface area contributed by atoms with Crippen molar-refractivity contribution in [1.29, 1.82) is 0 Å². The first kappa shape index (κ1) is 16.7. The van der Waals surface area contributed by atoms with Crippen molar-refractivity contribution in [3.05, 3.63) is 54.4 Å². The summed E-state index contributed by atoms with van der Waals surface area (Å²) < 4.78 is 0. The van der Waals surface area contributed by atoms with Gasteiger partial charge in [0.15, 0.2) is 0 Å². The normalized spacial score (nSPS) is 16.5. The van der Waals surface area contributed by atoms with E-state index in [1.165, 1.54) is 19.3 Å². The average molecular weight is 323 g/mol. The van der Waals surface area contributed by atoms with Crippen molar-refractivity contribution in [2.45, 2.75) is 38.1 Å². The van der Waals surface area contributed by atoms with Crippen LogP contribution in [0.4, 0.5) is 0 Å². The molecule has 3 rings (SSSR count). The maximum atomic E-state index is 12.6. The van der Waals surface area contributed by atoms with E-state index >= 15 is 0 Å². The molecule has 24 heavy (non-hydrogen) atoms. The Kier molecular flexibility index (Phi) is 5.59. The highest BCUT2D eigenvalue weighted by Crippen LogP contribution is 2.26. The van der Waals surface area contributed by atoms with E-state index in [4.69, 9.17) is 5.73 Å². The van der Waals surface area contributed by atoms with Crippen LogP contribution in [0.3, 0.4) is 0 Å². The van der Waals surface area contributed by atoms with Crippen molar-refractivity contribution in [2.24, 2.45) is 11.7 Å². The third-order valence-corrected chi connectivity index (χ3v) is 4.90. The summed E-state index contributed by atoms with van der Waals surface area (Å²) in [4.78, 5) is 16.9. The lowest BCUT2D eigenvalue weighted by Crippen LogP contribution is -2.45. The van der Waals surface area contributed by atoms with Gasteiger partial charge in [-0.05, 0) is 30.4 Å². The van der Waals surface area contributed by atoms with Gasteiger partial charge in [-0.25, -0.2) is 0 Å². The van der Waals surface area contributed by atoms with Crippen molar-refractivity contribution in [2.75, 3.05) is 6.54 Å². The largest absolute Gasteiger partial charge is 0.348 e. The molecule has 1 aromatic heterocycles. The number of rotatable bonds is 5. The molecule has 0 aliphatic heterocycles. The van der Waals surface area contributed by atoms with Gasteiger partial charge in [0, 0.05) is 30.5 Å². The SMILES string of the molecule is NCC(NC(=O)c1cncc(-c2ccccc2)c1)C1CCCCC1. The molecule has 1 aliphatic rings. The van der Waals surface area contributed by atoms with Crippen LogP contribution in [0.5, 0.6) is 0 Å². The molecule has 0 radical (unpaired) electrons. The second-order valence-electron chi connectivity index (χ2n) is 6.54. The molecule has 4 nitrogen and oxygen atoms in total. The fraction of sp³-hybridized carbons (Fsp3) is 0.400. The minimum absolute atomic E-state index is 0.0539. The van der Waals surface area contributed by atoms with E-state index < -0.39 is 0 Å². The van der Waals surface area contributed by atoms with Gasteiger partial charge >= 0.3 is 0 Å². The van der Waals surface area contributed by atoms with Crippen LogP contribution in [0.1, 0.15) is 42.5 Å². The van der Waals surface area contributed by atoms with E-state index in [1.807, 2.05) is 36.4 Å². The zero-order valence-electron chi connectivity index (χ0n) is 13.9. The lowest BCUT2D eigenvalue weighted by atomic mass is 9.84. The maximum absolute atomic E-state index is 12.6. The van der Waals surface area contributed by atoms with Crippen LogP contribution in [0.2, 0.25) is 0 Å². The number of carbonyl (C=O) groups is 1. The Morgan fingerprint density at radius 3 is 2.58 bits per heavy atom. The van der Waals surface area contributed by atoms with Crippen LogP contribution < -0.4 is 11.1 Å². The summed E-state index contributed by atoms with van der Waals surface area (Å²) in [6.07, 6.45) is 9.49. The first-order chi connectivity index (χ1) is 11.8. The number of hydrogen-bond acceptors (Lipinski definition) is 3. The quantitative estimate of drug-likeness (QED) is 0.886. The number of nitrogens with one attached hydrogen (secondary N) is 1. The topological polar surface area (TPSA) is 68.0 Å². The summed E-state index contributed by atoms with van der Waals surface area (Å²) in [7, 11) is 0. The Labute approximate surface area is 143 Å². The molecule has 0 bridgehead atoms. The third-order valence-electron chi connectivity index (χ3n) is 4.90. The molecule has 1 atom stereocenters. The van der Waals surface area contributed by atoms with Gasteiger partial charge in [-0.2, -0.15) is 0 Å². The first-order valence-electron chi connectivity index (χ1n) is 8.79. The number of pyridine rings is 1. The van der Waals surface area contributed by atoms with Crippen molar-refractivity contribution in [3.63, 3.8) is 0 Å². The average Bonchev–Trinajstić information content (AvgIpc) is 2.67. The standard InChI is InChI=1S/C20H25N3O/c21-12-19(16-9-5-2-6-10-16)23-20(24)18-11-17(13-22-14-18)15-7-3-1-4-8-15/h1,3-4,7-8,11,13-14,16,19H,2,5-6,9-10,12,21H2,(H,23,24). The summed E-state index contributed by atoms with van der Waals surface area (Å²) in [5, 5.41) is 3.13. The Bertz CT molecular complexity index is 666. The Hall–Kier alpha value is -2.20. The number of carbonyl (C=O) groups excluding carboxylic acids is 1. The molecule has 1 saturated carbocycles. The van der Waals surface area contributed by atoms with Crippen molar-refractivity contribution >= 4 is 5.91 Å². The molecule has 3 N–H and O–H groups in total. The Morgan fingerprint density at radius 1 is 1.12 bits per heavy atom. The molecule has 4 heteroatoms. The van der Waals surface area contributed by atoms with Gasteiger partial charge < -0.3 is 11.1 Å². The summed E-state index contributed by atoms with van der Waals surface area (Å²) >= 11 is 0. The molecule has 1 heterocycles. The maximum Gasteiger partial charge on any atom is 0.253 e. The van der Waals surface area contributed by atoms with E-state index in [1.54, 1.807) is 12.4 Å². The van der Waals surface area contributed by atoms with Crippen molar-refractivity contribution < 1.29 is 4.79 Å². The van der Waals surface area contributed by atoms with Gasteiger partial charge in [0.05, 0.1) is 5.56 Å². The van der Waals surface area contributed by atoms with Crippen LogP contribution in [0.25, 0.3) is 11.1 Å². The molecular formula is C20H25N3O. The highest BCUT2D eigenvalue weighted by Gasteiger charge is 2.24. The number of nitrogens with zero attached hydrogens (tertiary/aromatic N) is 1. The van der Waals surface area contributed by atoms with Crippen molar-refractivity contribution in [3.8, 4) is 11.1 Å². The second-order valence-corrected chi connectivity index (χ2v) is 6.54. The number of benzene rings is 1. The fourth-order valence-electron chi connectivity index (χ4n) is 3.51. The zero-order chi connectivity index (χ0) is 16.8. The smallest absolute Gasteiger partial charge is 0.253 e. The van der Waals surface area contributed by atoms with Gasteiger partial charge in [0.1, 0.15) is 0 Å². The van der Waals surface area contributed by atoms with Gasteiger partial charge in [-0.3, -0.25) is 9.78 Å². The molecular weight excluding hydrogens is 298 g/mol. The zero-order valence-corrected chi connectivity index (χ0v) is 13.9. The summed E-state index contributed by atoms with van der Waals surface area (Å²) in [6.45, 7) is 0.488. The molecule has 0 saturated heterocycles. The predicted molar refractivity (Wildman–Crippen MR) is 96.6 cm³/mol. The van der Waals surface area contributed by atoms with E-state index in [-0.39, 0.29) is 11.9 Å². The van der Waals surface area contributed by atoms with Gasteiger partial charge in [0.2, 0.25) is 0 Å². The third kappa shape index (κ3) is 4.01. The fourth-order valence-corrected chi connectivity index (χ4v) is 3.51. The Balaban J connectivity index is 1.72. The van der Waals surface area contributed by atoms with Crippen LogP contribution in [0.15, 0.2) is 48.8 Å². The van der Waals surface area contributed by atoms with Gasteiger partial charge in [-0.1, -0.05) is 49.6 Å². The number of hydrogen-bond donors (Lipinski definition) is 2. The lowest BCUT2D eigenvalue weighted by Gasteiger charge is -2.30. The first-order valence-corrected chi connectivity index (χ1v) is 8.79. The Morgan fingerprint density at radius 2 is 1.88 bits per heavy atom. The molecule has 1 fully saturated rings. The molecule has 1 aromatic carbocycles. The van der Waals surface area contributed by atoms with E-state index in [0.29, 0.717) is 18.0 Å². The lowest BCUT2D eigenvalue weighted by molar-refractivity contribution is 0.0915. The predicted octanol–water partition coefficient (Wildman–Crippen LogP) is 3.39. The molecule has 1 amide bonds. The van der Waals surface area contributed by atoms with E-state index in [2.05, 4.69) is 10.3 Å². The summed E-state index contributed by atoms with van der Waals surface area (Å²) in [5.41, 5.74) is 8.52. The van der Waals surface area contributed by atoms with Gasteiger partial charge in [-0.15, -0.1) is 0 Å². The number of nitrogens with two attached hydrogens (primary N) is 1.